The Bertz CT molecular complexity index is 1200. The molecule has 5 nitrogen and oxygen atoms in total. The van der Waals surface area contributed by atoms with Crippen molar-refractivity contribution >= 4 is 23.3 Å². The second-order valence-electron chi connectivity index (χ2n) is 10.1. The highest BCUT2D eigenvalue weighted by Crippen LogP contribution is 2.57. The number of nitrogens with zero attached hydrogens (tertiary/aromatic N) is 2. The molecular formula is C28H31N5S. The first-order valence-electron chi connectivity index (χ1n) is 11.8. The lowest BCUT2D eigenvalue weighted by atomic mass is 9.74. The minimum Gasteiger partial charge on any atom is -0.379 e. The van der Waals surface area contributed by atoms with Gasteiger partial charge in [0, 0.05) is 25.0 Å². The van der Waals surface area contributed by atoms with Crippen LogP contribution in [0.3, 0.4) is 0 Å². The molecule has 0 saturated carbocycles. The van der Waals surface area contributed by atoms with Gasteiger partial charge < -0.3 is 16.0 Å². The maximum Gasteiger partial charge on any atom is 0.150 e. The molecule has 3 aromatic rings. The van der Waals surface area contributed by atoms with Gasteiger partial charge in [0.1, 0.15) is 4.87 Å². The van der Waals surface area contributed by atoms with E-state index < -0.39 is 0 Å². The van der Waals surface area contributed by atoms with Crippen LogP contribution >= 0.6 is 11.8 Å². The van der Waals surface area contributed by atoms with Gasteiger partial charge in [-0.15, -0.1) is 11.8 Å². The molecule has 1 aromatic heterocycles. The van der Waals surface area contributed by atoms with Crippen LogP contribution in [0.4, 0.5) is 11.5 Å². The third-order valence-electron chi connectivity index (χ3n) is 7.70. The van der Waals surface area contributed by atoms with Crippen molar-refractivity contribution in [3.63, 3.8) is 0 Å². The number of thioether (sulfide) groups is 1. The van der Waals surface area contributed by atoms with Crippen LogP contribution in [-0.2, 0) is 5.54 Å². The Hall–Kier alpha value is -3.01. The van der Waals surface area contributed by atoms with Gasteiger partial charge in [0.25, 0.3) is 0 Å². The van der Waals surface area contributed by atoms with E-state index in [1.807, 2.05) is 36.2 Å². The van der Waals surface area contributed by atoms with Gasteiger partial charge in [-0.1, -0.05) is 63.2 Å². The van der Waals surface area contributed by atoms with Crippen LogP contribution in [0.5, 0.6) is 0 Å². The second-order valence-corrected chi connectivity index (χ2v) is 11.3. The molecule has 174 valence electrons. The number of benzene rings is 2. The minimum absolute atomic E-state index is 0.00433. The Labute approximate surface area is 206 Å². The molecule has 2 aliphatic heterocycles. The number of nitrogens with one attached hydrogen (secondary N) is 3. The Kier molecular flexibility index (Phi) is 5.79. The molecule has 1 fully saturated rings. The van der Waals surface area contributed by atoms with E-state index in [4.69, 9.17) is 5.26 Å². The summed E-state index contributed by atoms with van der Waals surface area (Å²) in [6.07, 6.45) is 1.84. The summed E-state index contributed by atoms with van der Waals surface area (Å²) in [6, 6.07) is 25.1. The highest BCUT2D eigenvalue weighted by atomic mass is 32.2. The van der Waals surface area contributed by atoms with Crippen molar-refractivity contribution in [2.24, 2.45) is 5.41 Å². The zero-order valence-electron chi connectivity index (χ0n) is 19.9. The molecule has 1 unspecified atom stereocenters. The Morgan fingerprint density at radius 1 is 1.12 bits per heavy atom. The van der Waals surface area contributed by atoms with Crippen molar-refractivity contribution in [2.75, 3.05) is 29.5 Å². The molecule has 0 aliphatic carbocycles. The molecule has 2 aromatic carbocycles. The molecule has 34 heavy (non-hydrogen) atoms. The van der Waals surface area contributed by atoms with E-state index in [9.17, 15) is 0 Å². The number of aromatic nitrogens is 1. The number of hydrogen-bond donors (Lipinski definition) is 3. The largest absolute Gasteiger partial charge is 0.379 e. The Morgan fingerprint density at radius 2 is 1.88 bits per heavy atom. The zero-order chi connectivity index (χ0) is 23.8. The van der Waals surface area contributed by atoms with Crippen LogP contribution < -0.4 is 16.0 Å². The number of hydrogen-bond acceptors (Lipinski definition) is 6. The van der Waals surface area contributed by atoms with Gasteiger partial charge in [0.2, 0.25) is 0 Å². The molecule has 0 radical (unpaired) electrons. The number of pyridine rings is 1. The lowest BCUT2D eigenvalue weighted by Gasteiger charge is -2.61. The summed E-state index contributed by atoms with van der Waals surface area (Å²) in [5.41, 5.74) is 4.07. The molecule has 6 heteroatoms. The van der Waals surface area contributed by atoms with Crippen LogP contribution in [0.2, 0.25) is 0 Å². The molecule has 3 heterocycles. The van der Waals surface area contributed by atoms with Crippen molar-refractivity contribution in [2.45, 2.75) is 37.1 Å². The molecule has 0 bridgehead atoms. The first-order valence-corrected chi connectivity index (χ1v) is 12.8. The number of rotatable bonds is 6. The van der Waals surface area contributed by atoms with Crippen LogP contribution in [0.1, 0.15) is 43.4 Å². The molecular weight excluding hydrogens is 438 g/mol. The summed E-state index contributed by atoms with van der Waals surface area (Å²) in [5.74, 6) is 2.21. The maximum absolute atomic E-state index is 9.15. The number of nitriles is 1. The highest BCUT2D eigenvalue weighted by Gasteiger charge is 2.62. The van der Waals surface area contributed by atoms with Crippen molar-refractivity contribution < 1.29 is 0 Å². The maximum atomic E-state index is 9.15. The predicted octanol–water partition coefficient (Wildman–Crippen LogP) is 5.55. The molecule has 0 amide bonds. The van der Waals surface area contributed by atoms with E-state index in [2.05, 4.69) is 96.3 Å². The Balaban J connectivity index is 1.43. The van der Waals surface area contributed by atoms with Crippen molar-refractivity contribution in [3.8, 4) is 6.07 Å². The van der Waals surface area contributed by atoms with Gasteiger partial charge in [-0.05, 0) is 46.7 Å². The van der Waals surface area contributed by atoms with E-state index in [1.54, 1.807) is 0 Å². The summed E-state index contributed by atoms with van der Waals surface area (Å²) in [5, 5.41) is 20.6. The van der Waals surface area contributed by atoms with E-state index in [0.717, 1.165) is 30.3 Å². The normalized spacial score (nSPS) is 24.2. The fourth-order valence-corrected chi connectivity index (χ4v) is 6.59. The molecule has 3 atom stereocenters. The highest BCUT2D eigenvalue weighted by molar-refractivity contribution is 8.02. The SMILES string of the molecule is CC(c1ccc(C#N)cc1)C(C)(C)CN[C@]1(c2ccccc2)CS[C@@]12CNc1cccnc1N2. The van der Waals surface area contributed by atoms with E-state index in [0.29, 0.717) is 11.5 Å². The lowest BCUT2D eigenvalue weighted by Crippen LogP contribution is -2.75. The monoisotopic (exact) mass is 469 g/mol. The standard InChI is InChI=1S/C28H31N5S/c1-20(22-13-11-21(16-29)12-14-22)26(2,3)17-32-27(23-8-5-4-6-9-23)19-34-28(27)18-31-24-10-7-15-30-25(24)33-28/h4-15,20,31-32H,17-19H2,1-3H3,(H,30,33)/t20?,27-,28-/m0/s1. The topological polar surface area (TPSA) is 72.8 Å². The molecule has 3 N–H and O–H groups in total. The average Bonchev–Trinajstić information content (AvgIpc) is 2.88. The van der Waals surface area contributed by atoms with Crippen molar-refractivity contribution in [1.29, 1.82) is 5.26 Å². The zero-order valence-corrected chi connectivity index (χ0v) is 20.7. The van der Waals surface area contributed by atoms with Crippen molar-refractivity contribution in [3.05, 3.63) is 89.6 Å². The summed E-state index contributed by atoms with van der Waals surface area (Å²) >= 11 is 1.95. The van der Waals surface area contributed by atoms with Gasteiger partial charge >= 0.3 is 0 Å². The van der Waals surface area contributed by atoms with Gasteiger partial charge in [-0.2, -0.15) is 5.26 Å². The Morgan fingerprint density at radius 3 is 2.56 bits per heavy atom. The summed E-state index contributed by atoms with van der Waals surface area (Å²) < 4.78 is 0. The van der Waals surface area contributed by atoms with Crippen LogP contribution in [0, 0.1) is 16.7 Å². The molecule has 1 spiro atoms. The average molecular weight is 470 g/mol. The van der Waals surface area contributed by atoms with Crippen LogP contribution in [-0.4, -0.2) is 28.7 Å². The van der Waals surface area contributed by atoms with Gasteiger partial charge in [0.15, 0.2) is 5.82 Å². The summed E-state index contributed by atoms with van der Waals surface area (Å²) in [6.45, 7) is 8.59. The van der Waals surface area contributed by atoms with Gasteiger partial charge in [0.05, 0.1) is 22.9 Å². The molecule has 2 aliphatic rings. The third-order valence-corrected chi connectivity index (χ3v) is 9.37. The summed E-state index contributed by atoms with van der Waals surface area (Å²) in [4.78, 5) is 4.38. The second kappa shape index (κ2) is 8.65. The predicted molar refractivity (Wildman–Crippen MR) is 141 cm³/mol. The quantitative estimate of drug-likeness (QED) is 0.440. The molecule has 1 saturated heterocycles. The lowest BCUT2D eigenvalue weighted by molar-refractivity contribution is 0.201. The smallest absolute Gasteiger partial charge is 0.150 e. The van der Waals surface area contributed by atoms with E-state index in [1.165, 1.54) is 11.1 Å². The van der Waals surface area contributed by atoms with E-state index >= 15 is 0 Å². The molecule has 5 rings (SSSR count). The van der Waals surface area contributed by atoms with Crippen molar-refractivity contribution in [1.82, 2.24) is 10.3 Å². The van der Waals surface area contributed by atoms with Gasteiger partial charge in [-0.25, -0.2) is 4.98 Å². The fraction of sp³-hybridized carbons (Fsp3) is 0.357. The van der Waals surface area contributed by atoms with Crippen LogP contribution in [0.15, 0.2) is 72.9 Å². The number of anilines is 2. The van der Waals surface area contributed by atoms with Gasteiger partial charge in [-0.3, -0.25) is 0 Å². The minimum atomic E-state index is -0.233. The number of fused-ring (bicyclic) bond motifs is 1. The fourth-order valence-electron chi connectivity index (χ4n) is 5.00. The first kappa shape index (κ1) is 22.8. The van der Waals surface area contributed by atoms with Crippen LogP contribution in [0.25, 0.3) is 0 Å². The third kappa shape index (κ3) is 3.73. The first-order chi connectivity index (χ1) is 16.4. The summed E-state index contributed by atoms with van der Waals surface area (Å²) in [7, 11) is 0. The van der Waals surface area contributed by atoms with E-state index in [-0.39, 0.29) is 15.8 Å².